The van der Waals surface area contributed by atoms with E-state index in [1.165, 1.54) is 0 Å². The van der Waals surface area contributed by atoms with Crippen LogP contribution in [0.25, 0.3) is 0 Å². The van der Waals surface area contributed by atoms with E-state index < -0.39 is 16.7 Å². The van der Waals surface area contributed by atoms with Crippen molar-refractivity contribution in [2.45, 2.75) is 11.7 Å². The van der Waals surface area contributed by atoms with Gasteiger partial charge >= 0.3 is 6.09 Å². The van der Waals surface area contributed by atoms with Gasteiger partial charge in [-0.2, -0.15) is 4.90 Å². The first-order valence-corrected chi connectivity index (χ1v) is 6.05. The van der Waals surface area contributed by atoms with Gasteiger partial charge in [0.05, 0.1) is 0 Å². The first kappa shape index (κ1) is 12.1. The van der Waals surface area contributed by atoms with E-state index in [0.717, 1.165) is 17.3 Å². The highest BCUT2D eigenvalue weighted by molar-refractivity contribution is 8.24. The third-order valence-electron chi connectivity index (χ3n) is 2.60. The van der Waals surface area contributed by atoms with E-state index in [4.69, 9.17) is 17.3 Å². The number of hydrogen-bond donors (Lipinski definition) is 1. The summed E-state index contributed by atoms with van der Waals surface area (Å²) in [6.07, 6.45) is -1.33. The molecular formula is C11H9NO3S2. The molecule has 2 amide bonds. The highest BCUT2D eigenvalue weighted by atomic mass is 32.2. The van der Waals surface area contributed by atoms with Crippen LogP contribution in [0.2, 0.25) is 0 Å². The zero-order valence-electron chi connectivity index (χ0n) is 8.91. The molecule has 1 aliphatic heterocycles. The largest absolute Gasteiger partial charge is 0.464 e. The third kappa shape index (κ3) is 1.83. The van der Waals surface area contributed by atoms with Gasteiger partial charge in [0.25, 0.3) is 5.91 Å². The van der Waals surface area contributed by atoms with E-state index >= 15 is 0 Å². The molecule has 1 fully saturated rings. The Labute approximate surface area is 108 Å². The predicted octanol–water partition coefficient (Wildman–Crippen LogP) is 2.44. The molecule has 6 heteroatoms. The van der Waals surface area contributed by atoms with Crippen molar-refractivity contribution in [3.63, 3.8) is 0 Å². The van der Waals surface area contributed by atoms with Crippen LogP contribution in [-0.2, 0) is 9.54 Å². The standard InChI is InChI=1S/C11H9NO3S2/c1-11(7-5-3-2-4-6-7)8(13)12(9(14)15)10(16)17-11/h2-6H,1H3,(H,14,15). The Hall–Kier alpha value is -1.40. The van der Waals surface area contributed by atoms with E-state index in [2.05, 4.69) is 0 Å². The number of thioether (sulfide) groups is 1. The van der Waals surface area contributed by atoms with Gasteiger partial charge in [0.15, 0.2) is 4.32 Å². The Bertz CT molecular complexity index is 503. The number of thiocarbonyl (C=S) groups is 1. The van der Waals surface area contributed by atoms with Crippen molar-refractivity contribution >= 4 is 40.3 Å². The zero-order chi connectivity index (χ0) is 12.6. The fourth-order valence-corrected chi connectivity index (χ4v) is 3.36. The minimum Gasteiger partial charge on any atom is -0.464 e. The molecule has 1 N–H and O–H groups in total. The molecular weight excluding hydrogens is 258 g/mol. The average molecular weight is 267 g/mol. The number of carbonyl (C=O) groups is 2. The number of carbonyl (C=O) groups excluding carboxylic acids is 1. The summed E-state index contributed by atoms with van der Waals surface area (Å²) in [5.41, 5.74) is 0.751. The van der Waals surface area contributed by atoms with E-state index in [9.17, 15) is 9.59 Å². The molecule has 1 aliphatic rings. The third-order valence-corrected chi connectivity index (χ3v) is 4.21. The molecule has 0 bridgehead atoms. The lowest BCUT2D eigenvalue weighted by atomic mass is 9.99. The lowest BCUT2D eigenvalue weighted by molar-refractivity contribution is -0.127. The van der Waals surface area contributed by atoms with E-state index in [1.807, 2.05) is 6.07 Å². The highest BCUT2D eigenvalue weighted by Crippen LogP contribution is 2.45. The van der Waals surface area contributed by atoms with Gasteiger partial charge in [-0.25, -0.2) is 4.79 Å². The lowest BCUT2D eigenvalue weighted by Crippen LogP contribution is -2.39. The van der Waals surface area contributed by atoms with Gasteiger partial charge in [0.2, 0.25) is 0 Å². The molecule has 0 aromatic heterocycles. The van der Waals surface area contributed by atoms with Gasteiger partial charge in [-0.15, -0.1) is 0 Å². The van der Waals surface area contributed by atoms with Crippen LogP contribution < -0.4 is 0 Å². The summed E-state index contributed by atoms with van der Waals surface area (Å²) in [5, 5.41) is 8.94. The van der Waals surface area contributed by atoms with Gasteiger partial charge in [-0.1, -0.05) is 54.3 Å². The van der Waals surface area contributed by atoms with Crippen LogP contribution in [0.1, 0.15) is 12.5 Å². The maximum Gasteiger partial charge on any atom is 0.419 e. The second-order valence-corrected chi connectivity index (χ2v) is 5.74. The van der Waals surface area contributed by atoms with Gasteiger partial charge in [-0.05, 0) is 12.5 Å². The van der Waals surface area contributed by atoms with E-state index in [1.54, 1.807) is 31.2 Å². The van der Waals surface area contributed by atoms with Crippen LogP contribution >= 0.6 is 24.0 Å². The van der Waals surface area contributed by atoms with Crippen molar-refractivity contribution in [1.29, 1.82) is 0 Å². The molecule has 1 heterocycles. The molecule has 1 aromatic carbocycles. The summed E-state index contributed by atoms with van der Waals surface area (Å²) in [5.74, 6) is -0.508. The summed E-state index contributed by atoms with van der Waals surface area (Å²) in [6, 6.07) is 9.03. The summed E-state index contributed by atoms with van der Waals surface area (Å²) in [6.45, 7) is 1.69. The number of hydrogen-bond acceptors (Lipinski definition) is 4. The van der Waals surface area contributed by atoms with Crippen molar-refractivity contribution < 1.29 is 14.7 Å². The van der Waals surface area contributed by atoms with Crippen molar-refractivity contribution in [3.8, 4) is 0 Å². The molecule has 1 aromatic rings. The summed E-state index contributed by atoms with van der Waals surface area (Å²) in [7, 11) is 0. The molecule has 1 atom stereocenters. The molecule has 0 aliphatic carbocycles. The monoisotopic (exact) mass is 267 g/mol. The summed E-state index contributed by atoms with van der Waals surface area (Å²) in [4.78, 5) is 23.7. The maximum atomic E-state index is 12.1. The Morgan fingerprint density at radius 3 is 2.47 bits per heavy atom. The molecule has 2 rings (SSSR count). The van der Waals surface area contributed by atoms with Crippen molar-refractivity contribution in [2.75, 3.05) is 0 Å². The molecule has 4 nitrogen and oxygen atoms in total. The Morgan fingerprint density at radius 2 is 2.00 bits per heavy atom. The number of amides is 2. The predicted molar refractivity (Wildman–Crippen MR) is 68.9 cm³/mol. The fourth-order valence-electron chi connectivity index (χ4n) is 1.66. The van der Waals surface area contributed by atoms with Gasteiger partial charge in [0.1, 0.15) is 4.75 Å². The quantitative estimate of drug-likeness (QED) is 0.792. The smallest absolute Gasteiger partial charge is 0.419 e. The Balaban J connectivity index is 2.45. The van der Waals surface area contributed by atoms with E-state index in [-0.39, 0.29) is 4.32 Å². The van der Waals surface area contributed by atoms with Crippen LogP contribution in [-0.4, -0.2) is 26.3 Å². The molecule has 0 radical (unpaired) electrons. The number of imide groups is 1. The van der Waals surface area contributed by atoms with Crippen LogP contribution in [0.4, 0.5) is 4.79 Å². The molecule has 1 unspecified atom stereocenters. The summed E-state index contributed by atoms with van der Waals surface area (Å²) < 4.78 is -0.870. The highest BCUT2D eigenvalue weighted by Gasteiger charge is 2.51. The number of rotatable bonds is 1. The molecule has 17 heavy (non-hydrogen) atoms. The number of nitrogens with zero attached hydrogens (tertiary/aromatic N) is 1. The summed E-state index contributed by atoms with van der Waals surface area (Å²) >= 11 is 6.02. The lowest BCUT2D eigenvalue weighted by Gasteiger charge is -2.20. The molecule has 88 valence electrons. The zero-order valence-corrected chi connectivity index (χ0v) is 10.5. The van der Waals surface area contributed by atoms with Gasteiger partial charge < -0.3 is 5.11 Å². The molecule has 0 saturated carbocycles. The Morgan fingerprint density at radius 1 is 1.41 bits per heavy atom. The van der Waals surface area contributed by atoms with Crippen LogP contribution in [0.15, 0.2) is 30.3 Å². The fraction of sp³-hybridized carbons (Fsp3) is 0.182. The van der Waals surface area contributed by atoms with E-state index in [0.29, 0.717) is 4.90 Å². The second-order valence-electron chi connectivity index (χ2n) is 3.69. The maximum absolute atomic E-state index is 12.1. The number of benzene rings is 1. The minimum atomic E-state index is -1.33. The first-order chi connectivity index (χ1) is 7.97. The SMILES string of the molecule is CC1(c2ccccc2)SC(=S)N(C(=O)O)C1=O. The normalized spacial score (nSPS) is 24.2. The van der Waals surface area contributed by atoms with Gasteiger partial charge in [0, 0.05) is 0 Å². The van der Waals surface area contributed by atoms with Crippen LogP contribution in [0, 0.1) is 0 Å². The topological polar surface area (TPSA) is 57.6 Å². The van der Waals surface area contributed by atoms with Crippen LogP contribution in [0.5, 0.6) is 0 Å². The van der Waals surface area contributed by atoms with Crippen molar-refractivity contribution in [1.82, 2.24) is 4.90 Å². The van der Waals surface area contributed by atoms with Crippen molar-refractivity contribution in [2.24, 2.45) is 0 Å². The number of carboxylic acid groups (broad SMARTS) is 1. The second kappa shape index (κ2) is 4.12. The van der Waals surface area contributed by atoms with Crippen molar-refractivity contribution in [3.05, 3.63) is 35.9 Å². The Kier molecular flexibility index (Phi) is 2.92. The van der Waals surface area contributed by atoms with Crippen LogP contribution in [0.3, 0.4) is 0 Å². The molecule has 0 spiro atoms. The average Bonchev–Trinajstić information content (AvgIpc) is 2.52. The van der Waals surface area contributed by atoms with Gasteiger partial charge in [-0.3, -0.25) is 4.79 Å². The molecule has 1 saturated heterocycles. The minimum absolute atomic E-state index is 0.0776. The first-order valence-electron chi connectivity index (χ1n) is 4.83.